The Morgan fingerprint density at radius 3 is 2.59 bits per heavy atom. The molecule has 140 valence electrons. The van der Waals surface area contributed by atoms with Crippen LogP contribution < -0.4 is 11.1 Å². The molecule has 0 aliphatic rings. The van der Waals surface area contributed by atoms with E-state index in [-0.39, 0.29) is 23.9 Å². The number of halogens is 2. The fourth-order valence-corrected chi connectivity index (χ4v) is 2.61. The topological polar surface area (TPSA) is 93.2 Å². The standard InChI is InChI=1S/C19H17ClN4O2.ClH/c1-24-11-22-10-18(24)12-2-4-14(5-3-12)23-19(26)17(21)9-13-8-15(25)6-7-16(13)20;/h2-11,25H,21H2,1H3,(H,23,26);1H/b17-9-;. The average Bonchev–Trinajstić information content (AvgIpc) is 3.04. The smallest absolute Gasteiger partial charge is 0.271 e. The maximum absolute atomic E-state index is 12.3. The summed E-state index contributed by atoms with van der Waals surface area (Å²) in [6.07, 6.45) is 4.91. The molecule has 0 saturated heterocycles. The number of nitrogens with one attached hydrogen (secondary N) is 1. The van der Waals surface area contributed by atoms with Gasteiger partial charge in [0, 0.05) is 17.8 Å². The van der Waals surface area contributed by atoms with Gasteiger partial charge in [0.2, 0.25) is 0 Å². The van der Waals surface area contributed by atoms with E-state index in [1.54, 1.807) is 24.7 Å². The van der Waals surface area contributed by atoms with Crippen LogP contribution in [-0.2, 0) is 11.8 Å². The Hall–Kier alpha value is -2.96. The number of carbonyl (C=O) groups excluding carboxylic acids is 1. The molecule has 0 unspecified atom stereocenters. The number of phenols is 1. The monoisotopic (exact) mass is 404 g/mol. The van der Waals surface area contributed by atoms with Crippen LogP contribution in [-0.4, -0.2) is 20.6 Å². The molecule has 0 radical (unpaired) electrons. The van der Waals surface area contributed by atoms with Gasteiger partial charge >= 0.3 is 0 Å². The quantitative estimate of drug-likeness (QED) is 0.576. The Balaban J connectivity index is 0.00000261. The Kier molecular flexibility index (Phi) is 6.50. The van der Waals surface area contributed by atoms with Crippen molar-refractivity contribution < 1.29 is 9.90 Å². The van der Waals surface area contributed by atoms with Crippen molar-refractivity contribution in [1.82, 2.24) is 9.55 Å². The minimum Gasteiger partial charge on any atom is -0.508 e. The molecule has 1 aromatic heterocycles. The minimum atomic E-state index is -0.460. The first-order valence-corrected chi connectivity index (χ1v) is 8.15. The van der Waals surface area contributed by atoms with Crippen LogP contribution in [0, 0.1) is 0 Å². The maximum atomic E-state index is 12.3. The average molecular weight is 405 g/mol. The van der Waals surface area contributed by atoms with Crippen molar-refractivity contribution in [1.29, 1.82) is 0 Å². The first kappa shape index (κ1) is 20.4. The summed E-state index contributed by atoms with van der Waals surface area (Å²) in [5.74, 6) is -0.419. The van der Waals surface area contributed by atoms with Gasteiger partial charge in [0.15, 0.2) is 0 Å². The minimum absolute atomic E-state index is 0. The zero-order chi connectivity index (χ0) is 18.7. The number of anilines is 1. The first-order chi connectivity index (χ1) is 12.4. The highest BCUT2D eigenvalue weighted by atomic mass is 35.5. The van der Waals surface area contributed by atoms with E-state index in [0.717, 1.165) is 11.3 Å². The molecule has 0 saturated carbocycles. The van der Waals surface area contributed by atoms with E-state index in [1.165, 1.54) is 24.3 Å². The third-order valence-electron chi connectivity index (χ3n) is 3.81. The second kappa shape index (κ2) is 8.62. The van der Waals surface area contributed by atoms with Crippen LogP contribution in [0.25, 0.3) is 17.3 Å². The summed E-state index contributed by atoms with van der Waals surface area (Å²) >= 11 is 6.03. The second-order valence-corrected chi connectivity index (χ2v) is 6.13. The molecule has 0 aliphatic heterocycles. The predicted molar refractivity (Wildman–Crippen MR) is 110 cm³/mol. The first-order valence-electron chi connectivity index (χ1n) is 7.78. The molecular formula is C19H18Cl2N4O2. The Morgan fingerprint density at radius 2 is 1.96 bits per heavy atom. The van der Waals surface area contributed by atoms with E-state index >= 15 is 0 Å². The van der Waals surface area contributed by atoms with Crippen LogP contribution in [0.3, 0.4) is 0 Å². The number of amides is 1. The summed E-state index contributed by atoms with van der Waals surface area (Å²) < 4.78 is 1.91. The third kappa shape index (κ3) is 4.81. The molecule has 2 aromatic carbocycles. The Bertz CT molecular complexity index is 982. The highest BCUT2D eigenvalue weighted by Gasteiger charge is 2.09. The lowest BCUT2D eigenvalue weighted by Crippen LogP contribution is -2.19. The summed E-state index contributed by atoms with van der Waals surface area (Å²) in [7, 11) is 1.91. The molecule has 0 aliphatic carbocycles. The summed E-state index contributed by atoms with van der Waals surface area (Å²) in [5.41, 5.74) is 8.85. The molecule has 0 fully saturated rings. The van der Waals surface area contributed by atoms with Crippen LogP contribution in [0.2, 0.25) is 5.02 Å². The summed E-state index contributed by atoms with van der Waals surface area (Å²) in [6, 6.07) is 11.8. The van der Waals surface area contributed by atoms with Gasteiger partial charge in [0.05, 0.1) is 23.9 Å². The van der Waals surface area contributed by atoms with Crippen molar-refractivity contribution in [2.75, 3.05) is 5.32 Å². The number of aromatic hydroxyl groups is 1. The van der Waals surface area contributed by atoms with Crippen molar-refractivity contribution in [2.24, 2.45) is 12.8 Å². The van der Waals surface area contributed by atoms with Gasteiger partial charge in [-0.3, -0.25) is 4.79 Å². The number of rotatable bonds is 4. The number of carbonyl (C=O) groups is 1. The lowest BCUT2D eigenvalue weighted by atomic mass is 10.1. The van der Waals surface area contributed by atoms with E-state index < -0.39 is 5.91 Å². The fourth-order valence-electron chi connectivity index (χ4n) is 2.44. The van der Waals surface area contributed by atoms with Gasteiger partial charge in [-0.1, -0.05) is 23.7 Å². The van der Waals surface area contributed by atoms with Gasteiger partial charge in [-0.05, 0) is 47.5 Å². The number of hydrogen-bond acceptors (Lipinski definition) is 4. The van der Waals surface area contributed by atoms with Crippen LogP contribution >= 0.6 is 24.0 Å². The number of benzene rings is 2. The number of aryl methyl sites for hydroxylation is 1. The maximum Gasteiger partial charge on any atom is 0.271 e. The molecule has 3 aromatic rings. The number of aromatic nitrogens is 2. The molecular weight excluding hydrogens is 387 g/mol. The van der Waals surface area contributed by atoms with Crippen molar-refractivity contribution in [3.8, 4) is 17.0 Å². The predicted octanol–water partition coefficient (Wildman–Crippen LogP) is 3.81. The summed E-state index contributed by atoms with van der Waals surface area (Å²) in [4.78, 5) is 16.3. The van der Waals surface area contributed by atoms with Crippen molar-refractivity contribution in [2.45, 2.75) is 0 Å². The number of nitrogens with zero attached hydrogens (tertiary/aromatic N) is 2. The lowest BCUT2D eigenvalue weighted by molar-refractivity contribution is -0.112. The highest BCUT2D eigenvalue weighted by Crippen LogP contribution is 2.24. The van der Waals surface area contributed by atoms with Gasteiger partial charge in [-0.15, -0.1) is 12.4 Å². The molecule has 3 rings (SSSR count). The zero-order valence-corrected chi connectivity index (χ0v) is 16.0. The molecule has 27 heavy (non-hydrogen) atoms. The van der Waals surface area contributed by atoms with Gasteiger partial charge in [-0.2, -0.15) is 0 Å². The Labute approximate surface area is 167 Å². The van der Waals surface area contributed by atoms with Crippen LogP contribution in [0.1, 0.15) is 5.56 Å². The number of hydrogen-bond donors (Lipinski definition) is 3. The molecule has 8 heteroatoms. The van der Waals surface area contributed by atoms with Gasteiger partial charge < -0.3 is 20.7 Å². The molecule has 4 N–H and O–H groups in total. The SMILES string of the molecule is Cl.Cn1cncc1-c1ccc(NC(=O)/C(N)=C/c2cc(O)ccc2Cl)cc1. The number of imidazole rings is 1. The molecule has 1 amide bonds. The van der Waals surface area contributed by atoms with Crippen LogP contribution in [0.15, 0.2) is 60.7 Å². The fraction of sp³-hybridized carbons (Fsp3) is 0.0526. The van der Waals surface area contributed by atoms with E-state index in [2.05, 4.69) is 10.3 Å². The summed E-state index contributed by atoms with van der Waals surface area (Å²) in [5, 5.41) is 12.6. The molecule has 0 bridgehead atoms. The number of nitrogens with two attached hydrogens (primary N) is 1. The molecule has 1 heterocycles. The van der Waals surface area contributed by atoms with Crippen molar-refractivity contribution >= 4 is 41.7 Å². The largest absolute Gasteiger partial charge is 0.508 e. The van der Waals surface area contributed by atoms with E-state index in [1.807, 2.05) is 23.7 Å². The molecule has 0 spiro atoms. The van der Waals surface area contributed by atoms with Crippen LogP contribution in [0.5, 0.6) is 5.75 Å². The van der Waals surface area contributed by atoms with Gasteiger partial charge in [-0.25, -0.2) is 4.98 Å². The zero-order valence-electron chi connectivity index (χ0n) is 14.4. The van der Waals surface area contributed by atoms with Crippen LogP contribution in [0.4, 0.5) is 5.69 Å². The van der Waals surface area contributed by atoms with E-state index in [0.29, 0.717) is 16.3 Å². The van der Waals surface area contributed by atoms with Crippen molar-refractivity contribution in [3.63, 3.8) is 0 Å². The van der Waals surface area contributed by atoms with Gasteiger partial charge in [0.25, 0.3) is 5.91 Å². The van der Waals surface area contributed by atoms with Crippen molar-refractivity contribution in [3.05, 3.63) is 71.3 Å². The second-order valence-electron chi connectivity index (χ2n) is 5.73. The lowest BCUT2D eigenvalue weighted by Gasteiger charge is -2.08. The third-order valence-corrected chi connectivity index (χ3v) is 4.15. The molecule has 0 atom stereocenters. The van der Waals surface area contributed by atoms with E-state index in [4.69, 9.17) is 17.3 Å². The number of phenolic OH excluding ortho intramolecular Hbond substituents is 1. The normalized spacial score (nSPS) is 11.0. The van der Waals surface area contributed by atoms with Gasteiger partial charge in [0.1, 0.15) is 5.75 Å². The molecule has 6 nitrogen and oxygen atoms in total. The highest BCUT2D eigenvalue weighted by molar-refractivity contribution is 6.32. The Morgan fingerprint density at radius 1 is 1.26 bits per heavy atom. The summed E-state index contributed by atoms with van der Waals surface area (Å²) in [6.45, 7) is 0. The van der Waals surface area contributed by atoms with E-state index in [9.17, 15) is 9.90 Å².